The maximum atomic E-state index is 10.4. The molecule has 88 valence electrons. The molecule has 0 aliphatic rings. The minimum atomic E-state index is -0.501. The number of rotatable bonds is 6. The Morgan fingerprint density at radius 1 is 1.38 bits per heavy atom. The molecule has 4 N–H and O–H groups in total. The second-order valence-corrected chi connectivity index (χ2v) is 3.28. The van der Waals surface area contributed by atoms with Crippen LogP contribution in [-0.4, -0.2) is 26.2 Å². The van der Waals surface area contributed by atoms with Crippen LogP contribution in [0.2, 0.25) is 0 Å². The fourth-order valence-corrected chi connectivity index (χ4v) is 1.35. The molecule has 0 heterocycles. The number of carbonyl (C=O) groups is 1. The number of amides is 2. The molecule has 0 saturated heterocycles. The van der Waals surface area contributed by atoms with Gasteiger partial charge in [0.05, 0.1) is 7.11 Å². The number of benzene rings is 1. The third-order valence-electron chi connectivity index (χ3n) is 2.11. The van der Waals surface area contributed by atoms with Crippen molar-refractivity contribution in [1.29, 1.82) is 0 Å². The summed E-state index contributed by atoms with van der Waals surface area (Å²) in [7, 11) is 1.65. The van der Waals surface area contributed by atoms with Gasteiger partial charge in [-0.25, -0.2) is 4.79 Å². The van der Waals surface area contributed by atoms with Gasteiger partial charge in [-0.2, -0.15) is 0 Å². The number of hydrogen-bond donors (Lipinski definition) is 3. The molecule has 0 saturated carbocycles. The number of ether oxygens (including phenoxy) is 1. The summed E-state index contributed by atoms with van der Waals surface area (Å²) in [5.74, 6) is 0.859. The van der Waals surface area contributed by atoms with E-state index in [1.807, 2.05) is 24.3 Å². The molecule has 0 fully saturated rings. The predicted octanol–water partition coefficient (Wildman–Crippen LogP) is 0.453. The summed E-state index contributed by atoms with van der Waals surface area (Å²) < 4.78 is 5.21. The number of urea groups is 1. The minimum Gasteiger partial charge on any atom is -0.496 e. The van der Waals surface area contributed by atoms with E-state index >= 15 is 0 Å². The number of para-hydroxylation sites is 1. The van der Waals surface area contributed by atoms with Gasteiger partial charge in [0, 0.05) is 25.2 Å². The van der Waals surface area contributed by atoms with Crippen LogP contribution < -0.4 is 21.1 Å². The maximum Gasteiger partial charge on any atom is 0.312 e. The van der Waals surface area contributed by atoms with Crippen molar-refractivity contribution in [2.75, 3.05) is 20.2 Å². The van der Waals surface area contributed by atoms with Crippen LogP contribution in [0.5, 0.6) is 5.75 Å². The van der Waals surface area contributed by atoms with E-state index < -0.39 is 6.03 Å². The van der Waals surface area contributed by atoms with Gasteiger partial charge in [0.25, 0.3) is 0 Å². The summed E-state index contributed by atoms with van der Waals surface area (Å²) in [4.78, 5) is 10.4. The van der Waals surface area contributed by atoms with E-state index in [2.05, 4.69) is 10.6 Å². The minimum absolute atomic E-state index is 0.501. The molecule has 0 unspecified atom stereocenters. The molecule has 1 aromatic rings. The lowest BCUT2D eigenvalue weighted by molar-refractivity contribution is 0.249. The topological polar surface area (TPSA) is 76.4 Å². The molecule has 1 aromatic carbocycles. The largest absolute Gasteiger partial charge is 0.496 e. The average molecular weight is 223 g/mol. The Morgan fingerprint density at radius 2 is 2.12 bits per heavy atom. The first-order chi connectivity index (χ1) is 7.74. The van der Waals surface area contributed by atoms with Crippen molar-refractivity contribution in [3.8, 4) is 5.75 Å². The van der Waals surface area contributed by atoms with E-state index in [0.717, 1.165) is 11.3 Å². The zero-order valence-corrected chi connectivity index (χ0v) is 9.32. The zero-order valence-electron chi connectivity index (χ0n) is 9.32. The number of hydrogen-bond acceptors (Lipinski definition) is 3. The smallest absolute Gasteiger partial charge is 0.312 e. The first-order valence-corrected chi connectivity index (χ1v) is 5.10. The number of nitrogens with one attached hydrogen (secondary N) is 2. The van der Waals surface area contributed by atoms with Gasteiger partial charge >= 0.3 is 6.03 Å². The van der Waals surface area contributed by atoms with Gasteiger partial charge < -0.3 is 21.1 Å². The van der Waals surface area contributed by atoms with Gasteiger partial charge in [-0.15, -0.1) is 0 Å². The van der Waals surface area contributed by atoms with Crippen molar-refractivity contribution in [3.05, 3.63) is 29.8 Å². The number of carbonyl (C=O) groups excluding carboxylic acids is 1. The van der Waals surface area contributed by atoms with Crippen molar-refractivity contribution in [2.45, 2.75) is 6.54 Å². The standard InChI is InChI=1S/C11H17N3O2/c1-16-10-5-3-2-4-9(10)8-13-6-7-14-11(12)15/h2-5,13H,6-8H2,1H3,(H3,12,14,15). The molecule has 0 aliphatic carbocycles. The zero-order chi connectivity index (χ0) is 11.8. The highest BCUT2D eigenvalue weighted by Gasteiger charge is 2.00. The summed E-state index contributed by atoms with van der Waals surface area (Å²) in [6.45, 7) is 1.88. The molecule has 0 aromatic heterocycles. The molecule has 5 heteroatoms. The molecule has 0 atom stereocenters. The van der Waals surface area contributed by atoms with Gasteiger partial charge in [-0.3, -0.25) is 0 Å². The van der Waals surface area contributed by atoms with E-state index in [1.165, 1.54) is 0 Å². The molecule has 1 rings (SSSR count). The predicted molar refractivity (Wildman–Crippen MR) is 62.3 cm³/mol. The van der Waals surface area contributed by atoms with E-state index in [0.29, 0.717) is 19.6 Å². The van der Waals surface area contributed by atoms with Gasteiger partial charge in [0.15, 0.2) is 0 Å². The Labute approximate surface area is 95.0 Å². The fraction of sp³-hybridized carbons (Fsp3) is 0.364. The second kappa shape index (κ2) is 6.68. The second-order valence-electron chi connectivity index (χ2n) is 3.28. The number of nitrogens with two attached hydrogens (primary N) is 1. The number of methoxy groups -OCH3 is 1. The average Bonchev–Trinajstić information content (AvgIpc) is 2.29. The van der Waals surface area contributed by atoms with Crippen molar-refractivity contribution in [3.63, 3.8) is 0 Å². The molecule has 2 amide bonds. The van der Waals surface area contributed by atoms with Crippen LogP contribution in [0.25, 0.3) is 0 Å². The van der Waals surface area contributed by atoms with Crippen molar-refractivity contribution >= 4 is 6.03 Å². The Balaban J connectivity index is 2.28. The number of primary amides is 1. The van der Waals surface area contributed by atoms with E-state index in [4.69, 9.17) is 10.5 Å². The third kappa shape index (κ3) is 4.18. The van der Waals surface area contributed by atoms with Crippen LogP contribution in [0.3, 0.4) is 0 Å². The SMILES string of the molecule is COc1ccccc1CNCCNC(N)=O. The lowest BCUT2D eigenvalue weighted by Gasteiger charge is -2.09. The van der Waals surface area contributed by atoms with Crippen LogP contribution in [0.4, 0.5) is 4.79 Å². The summed E-state index contributed by atoms with van der Waals surface area (Å²) in [6.07, 6.45) is 0. The fourth-order valence-electron chi connectivity index (χ4n) is 1.35. The van der Waals surface area contributed by atoms with Crippen molar-refractivity contribution < 1.29 is 9.53 Å². The normalized spacial score (nSPS) is 9.81. The molecule has 16 heavy (non-hydrogen) atoms. The first-order valence-electron chi connectivity index (χ1n) is 5.10. The van der Waals surface area contributed by atoms with Crippen molar-refractivity contribution in [2.24, 2.45) is 5.73 Å². The quantitative estimate of drug-likeness (QED) is 0.613. The van der Waals surface area contributed by atoms with Crippen LogP contribution in [0, 0.1) is 0 Å². The summed E-state index contributed by atoms with van der Waals surface area (Å²) in [6, 6.07) is 7.29. The highest BCUT2D eigenvalue weighted by Crippen LogP contribution is 2.16. The lowest BCUT2D eigenvalue weighted by Crippen LogP contribution is -2.35. The molecular formula is C11H17N3O2. The van der Waals surface area contributed by atoms with Crippen LogP contribution in [0.15, 0.2) is 24.3 Å². The van der Waals surface area contributed by atoms with Gasteiger partial charge in [0.2, 0.25) is 0 Å². The molecule has 0 bridgehead atoms. The lowest BCUT2D eigenvalue weighted by atomic mass is 10.2. The van der Waals surface area contributed by atoms with E-state index in [1.54, 1.807) is 7.11 Å². The van der Waals surface area contributed by atoms with Crippen LogP contribution in [0.1, 0.15) is 5.56 Å². The first kappa shape index (κ1) is 12.3. The molecule has 0 radical (unpaired) electrons. The van der Waals surface area contributed by atoms with Crippen molar-refractivity contribution in [1.82, 2.24) is 10.6 Å². The van der Waals surface area contributed by atoms with Crippen LogP contribution >= 0.6 is 0 Å². The Morgan fingerprint density at radius 3 is 2.81 bits per heavy atom. The third-order valence-corrected chi connectivity index (χ3v) is 2.11. The molecule has 0 spiro atoms. The van der Waals surface area contributed by atoms with Gasteiger partial charge in [0.1, 0.15) is 5.75 Å². The molecule has 0 aliphatic heterocycles. The van der Waals surface area contributed by atoms with Crippen LogP contribution in [-0.2, 0) is 6.54 Å². The summed E-state index contributed by atoms with van der Waals surface area (Å²) in [5, 5.41) is 5.69. The molecular weight excluding hydrogens is 206 g/mol. The van der Waals surface area contributed by atoms with E-state index in [-0.39, 0.29) is 0 Å². The highest BCUT2D eigenvalue weighted by atomic mass is 16.5. The molecule has 5 nitrogen and oxygen atoms in total. The summed E-state index contributed by atoms with van der Waals surface area (Å²) in [5.41, 5.74) is 6.02. The summed E-state index contributed by atoms with van der Waals surface area (Å²) >= 11 is 0. The Bertz CT molecular complexity index is 342. The van der Waals surface area contributed by atoms with Gasteiger partial charge in [-0.05, 0) is 6.07 Å². The highest BCUT2D eigenvalue weighted by molar-refractivity contribution is 5.71. The Kier molecular flexibility index (Phi) is 5.15. The van der Waals surface area contributed by atoms with E-state index in [9.17, 15) is 4.79 Å². The monoisotopic (exact) mass is 223 g/mol. The maximum absolute atomic E-state index is 10.4. The van der Waals surface area contributed by atoms with Gasteiger partial charge in [-0.1, -0.05) is 18.2 Å². The Hall–Kier alpha value is -1.75.